The lowest BCUT2D eigenvalue weighted by atomic mass is 10.1. The first-order chi connectivity index (χ1) is 6.77. The molecule has 0 saturated carbocycles. The summed E-state index contributed by atoms with van der Waals surface area (Å²) in [5, 5.41) is 3.07. The first kappa shape index (κ1) is 9.06. The summed E-state index contributed by atoms with van der Waals surface area (Å²) in [7, 11) is 0. The van der Waals surface area contributed by atoms with E-state index in [9.17, 15) is 4.79 Å². The van der Waals surface area contributed by atoms with Crippen LogP contribution in [0.5, 0.6) is 0 Å². The monoisotopic (exact) mass is 190 g/mol. The minimum Gasteiger partial charge on any atom is -0.376 e. The number of benzene rings is 1. The third-order valence-electron chi connectivity index (χ3n) is 2.60. The van der Waals surface area contributed by atoms with Crippen molar-refractivity contribution < 1.29 is 4.79 Å². The van der Waals surface area contributed by atoms with Crippen molar-refractivity contribution >= 4 is 11.6 Å². The quantitative estimate of drug-likeness (QED) is 0.749. The molecule has 0 spiro atoms. The van der Waals surface area contributed by atoms with Crippen molar-refractivity contribution in [3.8, 4) is 0 Å². The van der Waals surface area contributed by atoms with Gasteiger partial charge in [0.1, 0.15) is 0 Å². The summed E-state index contributed by atoms with van der Waals surface area (Å²) < 4.78 is 0. The number of nitrogens with two attached hydrogens (primary N) is 1. The van der Waals surface area contributed by atoms with Crippen LogP contribution in [0.2, 0.25) is 0 Å². The van der Waals surface area contributed by atoms with Crippen molar-refractivity contribution in [2.75, 3.05) is 11.9 Å². The maximum absolute atomic E-state index is 10.6. The summed E-state index contributed by atoms with van der Waals surface area (Å²) in [5.41, 5.74) is 8.91. The predicted octanol–water partition coefficient (Wildman–Crippen LogP) is 1.07. The number of nitrogens with one attached hydrogen (secondary N) is 1. The number of primary amides is 1. The summed E-state index contributed by atoms with van der Waals surface area (Å²) in [5.74, 6) is -0.319. The zero-order valence-corrected chi connectivity index (χ0v) is 8.05. The lowest BCUT2D eigenvalue weighted by molar-refractivity contribution is -0.116. The Labute approximate surface area is 83.3 Å². The lowest BCUT2D eigenvalue weighted by Crippen LogP contribution is -2.22. The molecule has 3 heteroatoms. The van der Waals surface area contributed by atoms with E-state index in [1.807, 2.05) is 12.1 Å². The van der Waals surface area contributed by atoms with Crippen LogP contribution in [0.4, 0.5) is 5.69 Å². The average molecular weight is 190 g/mol. The molecule has 74 valence electrons. The highest BCUT2D eigenvalue weighted by atomic mass is 16.1. The maximum Gasteiger partial charge on any atom is 0.236 e. The Hall–Kier alpha value is -1.51. The topological polar surface area (TPSA) is 55.1 Å². The van der Waals surface area contributed by atoms with E-state index in [1.54, 1.807) is 0 Å². The summed E-state index contributed by atoms with van der Waals surface area (Å²) in [4.78, 5) is 10.6. The Bertz CT molecular complexity index is 360. The molecule has 0 atom stereocenters. The van der Waals surface area contributed by atoms with Crippen LogP contribution in [0.15, 0.2) is 18.2 Å². The van der Waals surface area contributed by atoms with Crippen molar-refractivity contribution in [3.05, 3.63) is 29.3 Å². The zero-order chi connectivity index (χ0) is 9.97. The summed E-state index contributed by atoms with van der Waals surface area (Å²) in [6.45, 7) is 0.219. The van der Waals surface area contributed by atoms with Gasteiger partial charge in [-0.25, -0.2) is 0 Å². The first-order valence-corrected chi connectivity index (χ1v) is 4.90. The van der Waals surface area contributed by atoms with Gasteiger partial charge in [0.15, 0.2) is 0 Å². The van der Waals surface area contributed by atoms with Crippen molar-refractivity contribution in [3.63, 3.8) is 0 Å². The second-order valence-corrected chi connectivity index (χ2v) is 3.62. The molecule has 1 aliphatic carbocycles. The van der Waals surface area contributed by atoms with Gasteiger partial charge in [0.05, 0.1) is 6.54 Å². The standard InChI is InChI=1S/C11H14N2O/c12-11(14)7-13-10-6-2-4-8-3-1-5-9(8)10/h2,4,6,13H,1,3,5,7H2,(H2,12,14). The Morgan fingerprint density at radius 3 is 3.07 bits per heavy atom. The molecule has 0 bridgehead atoms. The average Bonchev–Trinajstić information content (AvgIpc) is 2.62. The predicted molar refractivity (Wildman–Crippen MR) is 56.2 cm³/mol. The Morgan fingerprint density at radius 2 is 2.29 bits per heavy atom. The minimum atomic E-state index is -0.319. The molecule has 0 aliphatic heterocycles. The van der Waals surface area contributed by atoms with Gasteiger partial charge >= 0.3 is 0 Å². The highest BCUT2D eigenvalue weighted by Crippen LogP contribution is 2.28. The number of anilines is 1. The Morgan fingerprint density at radius 1 is 1.43 bits per heavy atom. The SMILES string of the molecule is NC(=O)CNc1cccc2c1CCC2. The molecule has 3 N–H and O–H groups in total. The molecular formula is C11H14N2O. The zero-order valence-electron chi connectivity index (χ0n) is 8.05. The number of aryl methyl sites for hydroxylation is 1. The van der Waals surface area contributed by atoms with Crippen LogP contribution in [-0.2, 0) is 17.6 Å². The van der Waals surface area contributed by atoms with Crippen molar-refractivity contribution in [2.45, 2.75) is 19.3 Å². The van der Waals surface area contributed by atoms with Gasteiger partial charge in [-0.1, -0.05) is 12.1 Å². The molecule has 1 amide bonds. The number of hydrogen-bond acceptors (Lipinski definition) is 2. The molecule has 1 aliphatic rings. The number of amides is 1. The fourth-order valence-electron chi connectivity index (χ4n) is 1.97. The summed E-state index contributed by atoms with van der Waals surface area (Å²) >= 11 is 0. The van der Waals surface area contributed by atoms with Crippen LogP contribution >= 0.6 is 0 Å². The second kappa shape index (κ2) is 3.70. The van der Waals surface area contributed by atoms with Gasteiger partial charge in [-0.05, 0) is 36.5 Å². The van der Waals surface area contributed by atoms with Gasteiger partial charge in [0.25, 0.3) is 0 Å². The largest absolute Gasteiger partial charge is 0.376 e. The smallest absolute Gasteiger partial charge is 0.236 e. The van der Waals surface area contributed by atoms with Crippen LogP contribution < -0.4 is 11.1 Å². The van der Waals surface area contributed by atoms with Crippen LogP contribution in [0, 0.1) is 0 Å². The number of rotatable bonds is 3. The fourth-order valence-corrected chi connectivity index (χ4v) is 1.97. The Balaban J connectivity index is 2.17. The van der Waals surface area contributed by atoms with E-state index in [2.05, 4.69) is 11.4 Å². The van der Waals surface area contributed by atoms with Crippen LogP contribution in [0.1, 0.15) is 17.5 Å². The number of fused-ring (bicyclic) bond motifs is 1. The van der Waals surface area contributed by atoms with E-state index < -0.39 is 0 Å². The molecule has 1 aromatic carbocycles. The normalized spacial score (nSPS) is 13.7. The molecule has 14 heavy (non-hydrogen) atoms. The van der Waals surface area contributed by atoms with E-state index in [1.165, 1.54) is 17.5 Å². The van der Waals surface area contributed by atoms with E-state index in [4.69, 9.17) is 5.73 Å². The third-order valence-corrected chi connectivity index (χ3v) is 2.60. The van der Waals surface area contributed by atoms with Crippen LogP contribution in [0.3, 0.4) is 0 Å². The molecule has 0 unspecified atom stereocenters. The molecule has 0 fully saturated rings. The van der Waals surface area contributed by atoms with Gasteiger partial charge in [-0.2, -0.15) is 0 Å². The Kier molecular flexibility index (Phi) is 2.39. The number of carbonyl (C=O) groups is 1. The van der Waals surface area contributed by atoms with Gasteiger partial charge in [-0.15, -0.1) is 0 Å². The van der Waals surface area contributed by atoms with Gasteiger partial charge in [0, 0.05) is 5.69 Å². The first-order valence-electron chi connectivity index (χ1n) is 4.90. The molecule has 3 nitrogen and oxygen atoms in total. The van der Waals surface area contributed by atoms with E-state index >= 15 is 0 Å². The third kappa shape index (κ3) is 1.71. The highest BCUT2D eigenvalue weighted by molar-refractivity contribution is 5.79. The highest BCUT2D eigenvalue weighted by Gasteiger charge is 2.13. The molecule has 0 saturated heterocycles. The van der Waals surface area contributed by atoms with Gasteiger partial charge < -0.3 is 11.1 Å². The number of hydrogen-bond donors (Lipinski definition) is 2. The maximum atomic E-state index is 10.6. The van der Waals surface area contributed by atoms with E-state index in [0.717, 1.165) is 18.5 Å². The van der Waals surface area contributed by atoms with Gasteiger partial charge in [0.2, 0.25) is 5.91 Å². The second-order valence-electron chi connectivity index (χ2n) is 3.62. The summed E-state index contributed by atoms with van der Waals surface area (Å²) in [6, 6.07) is 6.18. The molecule has 2 rings (SSSR count). The summed E-state index contributed by atoms with van der Waals surface area (Å²) in [6.07, 6.45) is 3.48. The van der Waals surface area contributed by atoms with Crippen molar-refractivity contribution in [1.82, 2.24) is 0 Å². The minimum absolute atomic E-state index is 0.219. The van der Waals surface area contributed by atoms with Crippen LogP contribution in [-0.4, -0.2) is 12.5 Å². The lowest BCUT2D eigenvalue weighted by Gasteiger charge is -2.09. The molecule has 0 radical (unpaired) electrons. The van der Waals surface area contributed by atoms with E-state index in [0.29, 0.717) is 0 Å². The molecule has 1 aromatic rings. The molecule has 0 heterocycles. The van der Waals surface area contributed by atoms with Crippen molar-refractivity contribution in [1.29, 1.82) is 0 Å². The molecular weight excluding hydrogens is 176 g/mol. The fraction of sp³-hybridized carbons (Fsp3) is 0.364. The van der Waals surface area contributed by atoms with Crippen LogP contribution in [0.25, 0.3) is 0 Å². The van der Waals surface area contributed by atoms with E-state index in [-0.39, 0.29) is 12.5 Å². The molecule has 0 aromatic heterocycles. The van der Waals surface area contributed by atoms with Gasteiger partial charge in [-0.3, -0.25) is 4.79 Å². The number of carbonyl (C=O) groups excluding carboxylic acids is 1. The van der Waals surface area contributed by atoms with Crippen molar-refractivity contribution in [2.24, 2.45) is 5.73 Å².